The molecule has 0 spiro atoms. The summed E-state index contributed by atoms with van der Waals surface area (Å²) in [5, 5.41) is 0.597. The second kappa shape index (κ2) is 8.89. The summed E-state index contributed by atoms with van der Waals surface area (Å²) >= 11 is 4.87. The Kier molecular flexibility index (Phi) is 7.33. The Labute approximate surface area is 168 Å². The van der Waals surface area contributed by atoms with Gasteiger partial charge in [0.25, 0.3) is 0 Å². The second-order valence-corrected chi connectivity index (χ2v) is 10.8. The third-order valence-corrected chi connectivity index (χ3v) is 7.00. The van der Waals surface area contributed by atoms with Crippen molar-refractivity contribution in [3.05, 3.63) is 51.8 Å². The molecule has 142 valence electrons. The first kappa shape index (κ1) is 21.4. The first-order valence-electron chi connectivity index (χ1n) is 8.00. The van der Waals surface area contributed by atoms with E-state index in [-0.39, 0.29) is 5.92 Å². The minimum absolute atomic E-state index is 0.264. The van der Waals surface area contributed by atoms with E-state index >= 15 is 0 Å². The molecular formula is C18H21BrF2N2OS2. The van der Waals surface area contributed by atoms with Gasteiger partial charge in [0, 0.05) is 39.5 Å². The van der Waals surface area contributed by atoms with Gasteiger partial charge >= 0.3 is 0 Å². The predicted molar refractivity (Wildman–Crippen MR) is 107 cm³/mol. The molecule has 0 fully saturated rings. The van der Waals surface area contributed by atoms with Gasteiger partial charge in [0.15, 0.2) is 5.16 Å². The second-order valence-electron chi connectivity index (χ2n) is 6.89. The number of thioether (sulfide) groups is 1. The standard InChI is InChI=1S/C18H21BrF2N2OS2/c1-18(2,3)26(24)10-12(5-11-6-13(20)8-14(21)7-11)16-15(19)9-22-17(23-16)25-4/h6-9,12H,5,10H2,1-4H3/t12-,26-/m1/s1. The first-order valence-corrected chi connectivity index (χ1v) is 11.3. The lowest BCUT2D eigenvalue weighted by Gasteiger charge is -2.23. The number of nitrogens with zero attached hydrogens (tertiary/aromatic N) is 2. The monoisotopic (exact) mass is 462 g/mol. The van der Waals surface area contributed by atoms with Crippen molar-refractivity contribution < 1.29 is 13.0 Å². The van der Waals surface area contributed by atoms with Gasteiger partial charge in [-0.05, 0) is 67.1 Å². The molecule has 0 aliphatic carbocycles. The lowest BCUT2D eigenvalue weighted by Crippen LogP contribution is -2.28. The highest BCUT2D eigenvalue weighted by atomic mass is 79.9. The molecule has 8 heteroatoms. The fourth-order valence-corrected chi connectivity index (χ4v) is 4.43. The van der Waals surface area contributed by atoms with Crippen LogP contribution in [-0.2, 0) is 17.2 Å². The van der Waals surface area contributed by atoms with E-state index in [1.807, 2.05) is 27.0 Å². The largest absolute Gasteiger partial charge is 0.259 e. The van der Waals surface area contributed by atoms with E-state index in [1.165, 1.54) is 23.9 Å². The average Bonchev–Trinajstić information content (AvgIpc) is 2.53. The Bertz CT molecular complexity index is 792. The van der Waals surface area contributed by atoms with Crippen molar-refractivity contribution in [2.24, 2.45) is 0 Å². The Hall–Kier alpha value is -0.860. The molecule has 1 aromatic carbocycles. The molecule has 1 aromatic heterocycles. The van der Waals surface area contributed by atoms with E-state index in [0.29, 0.717) is 33.1 Å². The van der Waals surface area contributed by atoms with Gasteiger partial charge in [0.2, 0.25) is 0 Å². The lowest BCUT2D eigenvalue weighted by atomic mass is 9.97. The van der Waals surface area contributed by atoms with Crippen LogP contribution in [-0.4, -0.2) is 30.9 Å². The highest BCUT2D eigenvalue weighted by molar-refractivity contribution is 9.10. The van der Waals surface area contributed by atoms with Crippen LogP contribution in [0.1, 0.15) is 37.9 Å². The normalized spacial score (nSPS) is 14.3. The topological polar surface area (TPSA) is 42.9 Å². The fourth-order valence-electron chi connectivity index (χ4n) is 2.43. The summed E-state index contributed by atoms with van der Waals surface area (Å²) < 4.78 is 40.2. The van der Waals surface area contributed by atoms with Gasteiger partial charge in [-0.2, -0.15) is 0 Å². The number of halogens is 3. The van der Waals surface area contributed by atoms with Crippen molar-refractivity contribution in [1.82, 2.24) is 9.97 Å². The minimum Gasteiger partial charge on any atom is -0.259 e. The van der Waals surface area contributed by atoms with Crippen LogP contribution >= 0.6 is 27.7 Å². The molecule has 0 amide bonds. The Balaban J connectivity index is 2.43. The zero-order valence-corrected chi connectivity index (χ0v) is 18.3. The van der Waals surface area contributed by atoms with Crippen LogP contribution in [0.3, 0.4) is 0 Å². The van der Waals surface area contributed by atoms with Crippen molar-refractivity contribution >= 4 is 38.5 Å². The van der Waals surface area contributed by atoms with Crippen molar-refractivity contribution in [2.75, 3.05) is 12.0 Å². The zero-order chi connectivity index (χ0) is 19.5. The number of hydrogen-bond donors (Lipinski definition) is 0. The summed E-state index contributed by atoms with van der Waals surface area (Å²) in [4.78, 5) is 8.76. The molecule has 1 heterocycles. The van der Waals surface area contributed by atoms with Gasteiger partial charge in [0.1, 0.15) is 11.6 Å². The molecule has 3 nitrogen and oxygen atoms in total. The highest BCUT2D eigenvalue weighted by Crippen LogP contribution is 2.30. The molecule has 0 saturated heterocycles. The van der Waals surface area contributed by atoms with Gasteiger partial charge in [-0.15, -0.1) is 0 Å². The molecule has 0 N–H and O–H groups in total. The Morgan fingerprint density at radius 2 is 1.85 bits per heavy atom. The maximum atomic E-state index is 13.6. The number of benzene rings is 1. The summed E-state index contributed by atoms with van der Waals surface area (Å²) in [5.74, 6) is -1.17. The number of aromatic nitrogens is 2. The van der Waals surface area contributed by atoms with Gasteiger partial charge < -0.3 is 0 Å². The van der Waals surface area contributed by atoms with Gasteiger partial charge in [-0.1, -0.05) is 11.8 Å². The van der Waals surface area contributed by atoms with Crippen LogP contribution in [0, 0.1) is 11.6 Å². The van der Waals surface area contributed by atoms with E-state index in [0.717, 1.165) is 6.07 Å². The molecule has 0 saturated carbocycles. The third-order valence-electron chi connectivity index (χ3n) is 3.76. The quantitative estimate of drug-likeness (QED) is 0.441. The first-order chi connectivity index (χ1) is 12.1. The van der Waals surface area contributed by atoms with Crippen molar-refractivity contribution in [3.63, 3.8) is 0 Å². The summed E-state index contributed by atoms with van der Waals surface area (Å²) in [6.07, 6.45) is 3.87. The predicted octanol–water partition coefficient (Wildman–Crippen LogP) is 5.11. The molecule has 0 bridgehead atoms. The zero-order valence-electron chi connectivity index (χ0n) is 15.1. The molecule has 2 atom stereocenters. The van der Waals surface area contributed by atoms with Gasteiger partial charge in [-0.25, -0.2) is 18.7 Å². The van der Waals surface area contributed by atoms with Crippen LogP contribution < -0.4 is 0 Å². The maximum Gasteiger partial charge on any atom is 0.187 e. The van der Waals surface area contributed by atoms with Crippen LogP contribution in [0.4, 0.5) is 8.78 Å². The minimum atomic E-state index is -1.14. The van der Waals surface area contributed by atoms with E-state index in [2.05, 4.69) is 25.9 Å². The molecule has 26 heavy (non-hydrogen) atoms. The summed E-state index contributed by atoms with van der Waals surface area (Å²) in [6, 6.07) is 3.46. The Morgan fingerprint density at radius 3 is 2.38 bits per heavy atom. The summed E-state index contributed by atoms with van der Waals surface area (Å²) in [7, 11) is -1.14. The van der Waals surface area contributed by atoms with E-state index in [9.17, 15) is 13.0 Å². The lowest BCUT2D eigenvalue weighted by molar-refractivity contribution is 0.576. The summed E-state index contributed by atoms with van der Waals surface area (Å²) in [5.41, 5.74) is 1.21. The highest BCUT2D eigenvalue weighted by Gasteiger charge is 2.27. The molecule has 0 aliphatic rings. The van der Waals surface area contributed by atoms with Crippen molar-refractivity contribution in [1.29, 1.82) is 0 Å². The number of rotatable bonds is 6. The number of hydrogen-bond acceptors (Lipinski definition) is 4. The van der Waals surface area contributed by atoms with Crippen LogP contribution in [0.2, 0.25) is 0 Å². The third kappa shape index (κ3) is 5.82. The van der Waals surface area contributed by atoms with Crippen LogP contribution in [0.5, 0.6) is 0 Å². The van der Waals surface area contributed by atoms with Gasteiger partial charge in [-0.3, -0.25) is 4.21 Å². The van der Waals surface area contributed by atoms with Crippen molar-refractivity contribution in [2.45, 2.75) is 43.0 Å². The van der Waals surface area contributed by atoms with Crippen LogP contribution in [0.15, 0.2) is 34.0 Å². The fraction of sp³-hybridized carbons (Fsp3) is 0.444. The van der Waals surface area contributed by atoms with Crippen LogP contribution in [0.25, 0.3) is 0 Å². The van der Waals surface area contributed by atoms with Gasteiger partial charge in [0.05, 0.1) is 10.2 Å². The average molecular weight is 463 g/mol. The SMILES string of the molecule is CSc1ncc(Br)c([C@H](Cc2cc(F)cc(F)c2)C[S@@](=O)C(C)(C)C)n1. The Morgan fingerprint density at radius 1 is 1.23 bits per heavy atom. The molecular weight excluding hydrogens is 442 g/mol. The van der Waals surface area contributed by atoms with E-state index in [1.54, 1.807) is 6.20 Å². The summed E-state index contributed by atoms with van der Waals surface area (Å²) in [6.45, 7) is 5.72. The van der Waals surface area contributed by atoms with Crippen molar-refractivity contribution in [3.8, 4) is 0 Å². The van der Waals surface area contributed by atoms with E-state index in [4.69, 9.17) is 0 Å². The smallest absolute Gasteiger partial charge is 0.187 e. The molecule has 0 radical (unpaired) electrons. The molecule has 2 aromatic rings. The molecule has 0 unspecified atom stereocenters. The maximum absolute atomic E-state index is 13.6. The van der Waals surface area contributed by atoms with E-state index < -0.39 is 27.2 Å². The molecule has 2 rings (SSSR count). The molecule has 0 aliphatic heterocycles.